The molecule has 2 rings (SSSR count). The van der Waals surface area contributed by atoms with Gasteiger partial charge < -0.3 is 14.4 Å². The second kappa shape index (κ2) is 4.71. The molecule has 6 nitrogen and oxygen atoms in total. The lowest BCUT2D eigenvalue weighted by atomic mass is 10.2. The van der Waals surface area contributed by atoms with Crippen molar-refractivity contribution in [3.63, 3.8) is 0 Å². The highest BCUT2D eigenvalue weighted by Gasteiger charge is 2.12. The number of hydrogen-bond donors (Lipinski definition) is 1. The van der Waals surface area contributed by atoms with E-state index in [2.05, 4.69) is 15.1 Å². The molecule has 0 saturated heterocycles. The Hall–Kier alpha value is -1.95. The number of aromatic hydroxyl groups is 1. The van der Waals surface area contributed by atoms with Gasteiger partial charge in [-0.1, -0.05) is 5.16 Å². The first kappa shape index (κ1) is 10.6. The van der Waals surface area contributed by atoms with Crippen molar-refractivity contribution in [1.29, 1.82) is 0 Å². The van der Waals surface area contributed by atoms with E-state index in [9.17, 15) is 5.11 Å². The van der Waals surface area contributed by atoms with Crippen LogP contribution < -0.4 is 0 Å². The maximum absolute atomic E-state index is 9.53. The van der Waals surface area contributed by atoms with E-state index in [0.29, 0.717) is 24.6 Å². The van der Waals surface area contributed by atoms with Gasteiger partial charge in [0.05, 0.1) is 11.8 Å². The minimum atomic E-state index is 0.00844. The molecule has 0 saturated carbocycles. The Morgan fingerprint density at radius 2 is 2.38 bits per heavy atom. The molecule has 0 aromatic carbocycles. The topological polar surface area (TPSA) is 81.3 Å². The molecule has 1 N–H and O–H groups in total. The Kier molecular flexibility index (Phi) is 3.11. The van der Waals surface area contributed by atoms with Gasteiger partial charge in [-0.15, -0.1) is 0 Å². The molecule has 6 heteroatoms. The third-order valence-electron chi connectivity index (χ3n) is 1.93. The summed E-state index contributed by atoms with van der Waals surface area (Å²) in [6, 6.07) is 1.60. The predicted octanol–water partition coefficient (Wildman–Crippen LogP) is 1.37. The molecule has 2 aromatic rings. The monoisotopic (exact) mass is 221 g/mol. The second-order valence-corrected chi connectivity index (χ2v) is 3.05. The standard InChI is InChI=1S/C10H11N3O3/c1-2-15-6-9-12-10(16-13-9)7-3-4-11-5-8(7)14/h3-5,14H,2,6H2,1H3. The van der Waals surface area contributed by atoms with Crippen molar-refractivity contribution in [3.8, 4) is 17.2 Å². The SMILES string of the molecule is CCOCc1noc(-c2ccncc2O)n1. The Balaban J connectivity index is 2.22. The molecule has 2 heterocycles. The number of aromatic nitrogens is 3. The molecule has 0 bridgehead atoms. The van der Waals surface area contributed by atoms with Crippen molar-refractivity contribution >= 4 is 0 Å². The largest absolute Gasteiger partial charge is 0.505 e. The minimum Gasteiger partial charge on any atom is -0.505 e. The predicted molar refractivity (Wildman–Crippen MR) is 54.5 cm³/mol. The fourth-order valence-electron chi connectivity index (χ4n) is 1.18. The van der Waals surface area contributed by atoms with Crippen LogP contribution in [0.3, 0.4) is 0 Å². The van der Waals surface area contributed by atoms with Gasteiger partial charge >= 0.3 is 0 Å². The summed E-state index contributed by atoms with van der Waals surface area (Å²) < 4.78 is 10.1. The van der Waals surface area contributed by atoms with Gasteiger partial charge in [-0.05, 0) is 13.0 Å². The van der Waals surface area contributed by atoms with Gasteiger partial charge in [0.2, 0.25) is 0 Å². The number of pyridine rings is 1. The van der Waals surface area contributed by atoms with Crippen LogP contribution in [0.1, 0.15) is 12.7 Å². The van der Waals surface area contributed by atoms with Gasteiger partial charge in [0.15, 0.2) is 5.82 Å². The molecule has 0 atom stereocenters. The maximum atomic E-state index is 9.53. The summed E-state index contributed by atoms with van der Waals surface area (Å²) in [5, 5.41) is 13.3. The Morgan fingerprint density at radius 3 is 3.12 bits per heavy atom. The molecule has 0 fully saturated rings. The molecule has 0 spiro atoms. The van der Waals surface area contributed by atoms with E-state index >= 15 is 0 Å². The molecular formula is C10H11N3O3. The van der Waals surface area contributed by atoms with E-state index in [-0.39, 0.29) is 11.6 Å². The average molecular weight is 221 g/mol. The second-order valence-electron chi connectivity index (χ2n) is 3.05. The zero-order valence-electron chi connectivity index (χ0n) is 8.75. The van der Waals surface area contributed by atoms with Gasteiger partial charge in [-0.2, -0.15) is 4.98 Å². The van der Waals surface area contributed by atoms with Gasteiger partial charge in [0.1, 0.15) is 12.4 Å². The lowest BCUT2D eigenvalue weighted by Crippen LogP contribution is -1.93. The molecule has 0 unspecified atom stereocenters. The third kappa shape index (κ3) is 2.17. The van der Waals surface area contributed by atoms with Crippen molar-refractivity contribution in [3.05, 3.63) is 24.3 Å². The van der Waals surface area contributed by atoms with Gasteiger partial charge in [0, 0.05) is 12.8 Å². The van der Waals surface area contributed by atoms with Crippen molar-refractivity contribution < 1.29 is 14.4 Å². The van der Waals surface area contributed by atoms with Crippen LogP contribution in [0.2, 0.25) is 0 Å². The molecule has 0 amide bonds. The van der Waals surface area contributed by atoms with Crippen molar-refractivity contribution in [2.75, 3.05) is 6.61 Å². The van der Waals surface area contributed by atoms with E-state index in [1.165, 1.54) is 6.20 Å². The normalized spacial score (nSPS) is 10.6. The zero-order valence-corrected chi connectivity index (χ0v) is 8.75. The highest BCUT2D eigenvalue weighted by Crippen LogP contribution is 2.25. The fraction of sp³-hybridized carbons (Fsp3) is 0.300. The lowest BCUT2D eigenvalue weighted by molar-refractivity contribution is 0.126. The molecule has 2 aromatic heterocycles. The quantitative estimate of drug-likeness (QED) is 0.839. The fourth-order valence-corrected chi connectivity index (χ4v) is 1.18. The average Bonchev–Trinajstić information content (AvgIpc) is 2.75. The van der Waals surface area contributed by atoms with Crippen LogP contribution in [-0.2, 0) is 11.3 Å². The van der Waals surface area contributed by atoms with Crippen LogP contribution in [0, 0.1) is 0 Å². The molecule has 0 aliphatic carbocycles. The molecule has 0 radical (unpaired) electrons. The van der Waals surface area contributed by atoms with Gasteiger partial charge in [-0.3, -0.25) is 4.98 Å². The molecule has 0 aliphatic rings. The van der Waals surface area contributed by atoms with E-state index in [1.807, 2.05) is 6.92 Å². The first-order chi connectivity index (χ1) is 7.81. The first-order valence-electron chi connectivity index (χ1n) is 4.85. The van der Waals surface area contributed by atoms with E-state index in [4.69, 9.17) is 9.26 Å². The maximum Gasteiger partial charge on any atom is 0.261 e. The van der Waals surface area contributed by atoms with Gasteiger partial charge in [0.25, 0.3) is 5.89 Å². The summed E-state index contributed by atoms with van der Waals surface area (Å²) in [7, 11) is 0. The van der Waals surface area contributed by atoms with Crippen molar-refractivity contribution in [2.24, 2.45) is 0 Å². The van der Waals surface area contributed by atoms with Crippen LogP contribution in [0.5, 0.6) is 5.75 Å². The summed E-state index contributed by atoms with van der Waals surface area (Å²) in [5.74, 6) is 0.719. The molecule has 84 valence electrons. The molecular weight excluding hydrogens is 210 g/mol. The Bertz CT molecular complexity index is 470. The van der Waals surface area contributed by atoms with Crippen LogP contribution in [-0.4, -0.2) is 26.8 Å². The highest BCUT2D eigenvalue weighted by molar-refractivity contribution is 5.60. The van der Waals surface area contributed by atoms with Crippen LogP contribution in [0.25, 0.3) is 11.5 Å². The third-order valence-corrected chi connectivity index (χ3v) is 1.93. The smallest absolute Gasteiger partial charge is 0.261 e. The summed E-state index contributed by atoms with van der Waals surface area (Å²) in [6.07, 6.45) is 2.86. The Labute approximate surface area is 91.9 Å². The van der Waals surface area contributed by atoms with Crippen molar-refractivity contribution in [1.82, 2.24) is 15.1 Å². The summed E-state index contributed by atoms with van der Waals surface area (Å²) >= 11 is 0. The minimum absolute atomic E-state index is 0.00844. The number of ether oxygens (including phenoxy) is 1. The lowest BCUT2D eigenvalue weighted by Gasteiger charge is -1.96. The molecule has 0 aliphatic heterocycles. The number of rotatable bonds is 4. The van der Waals surface area contributed by atoms with E-state index < -0.39 is 0 Å². The van der Waals surface area contributed by atoms with E-state index in [1.54, 1.807) is 12.3 Å². The van der Waals surface area contributed by atoms with Crippen LogP contribution in [0.4, 0.5) is 0 Å². The summed E-state index contributed by atoms with van der Waals surface area (Å²) in [5.41, 5.74) is 0.463. The van der Waals surface area contributed by atoms with E-state index in [0.717, 1.165) is 0 Å². The zero-order chi connectivity index (χ0) is 11.4. The van der Waals surface area contributed by atoms with Crippen molar-refractivity contribution in [2.45, 2.75) is 13.5 Å². The summed E-state index contributed by atoms with van der Waals surface area (Å²) in [6.45, 7) is 2.77. The highest BCUT2D eigenvalue weighted by atomic mass is 16.5. The van der Waals surface area contributed by atoms with Gasteiger partial charge in [-0.25, -0.2) is 0 Å². The van der Waals surface area contributed by atoms with Crippen LogP contribution in [0.15, 0.2) is 23.0 Å². The number of hydrogen-bond acceptors (Lipinski definition) is 6. The van der Waals surface area contributed by atoms with Crippen LogP contribution >= 0.6 is 0 Å². The summed E-state index contributed by atoms with van der Waals surface area (Å²) in [4.78, 5) is 7.85. The first-order valence-corrected chi connectivity index (χ1v) is 4.85. The Morgan fingerprint density at radius 1 is 1.50 bits per heavy atom. The molecule has 16 heavy (non-hydrogen) atoms. The number of nitrogens with zero attached hydrogens (tertiary/aromatic N) is 3.